The van der Waals surface area contributed by atoms with E-state index in [2.05, 4.69) is 0 Å². The molecule has 0 unspecified atom stereocenters. The summed E-state index contributed by atoms with van der Waals surface area (Å²) >= 11 is 0. The highest BCUT2D eigenvalue weighted by atomic mass is 32.2. The highest BCUT2D eigenvalue weighted by Crippen LogP contribution is 2.30. The van der Waals surface area contributed by atoms with Crippen molar-refractivity contribution in [3.8, 4) is 0 Å². The number of alkyl halides is 3. The molecule has 93 valence electrons. The third-order valence-corrected chi connectivity index (χ3v) is 2.41. The molecule has 0 aliphatic carbocycles. The van der Waals surface area contributed by atoms with Crippen molar-refractivity contribution in [1.29, 1.82) is 0 Å². The molecule has 0 heterocycles. The van der Waals surface area contributed by atoms with E-state index in [0.29, 0.717) is 13.5 Å². The number of rotatable bonds is 3. The van der Waals surface area contributed by atoms with Crippen LogP contribution in [0.3, 0.4) is 0 Å². The van der Waals surface area contributed by atoms with Gasteiger partial charge < -0.3 is 5.02 Å². The molecule has 0 fully saturated rings. The van der Waals surface area contributed by atoms with Gasteiger partial charge in [0.25, 0.3) is 0 Å². The van der Waals surface area contributed by atoms with Gasteiger partial charge in [0.15, 0.2) is 0 Å². The number of hydrogen-bond acceptors (Lipinski definition) is 3. The van der Waals surface area contributed by atoms with Crippen molar-refractivity contribution in [2.75, 3.05) is 11.0 Å². The van der Waals surface area contributed by atoms with Crippen LogP contribution in [0.4, 0.5) is 18.9 Å². The second-order valence-electron chi connectivity index (χ2n) is 3.30. The second-order valence-corrected chi connectivity index (χ2v) is 5.05. The lowest BCUT2D eigenvalue weighted by atomic mass is 9.86. The predicted octanol–water partition coefficient (Wildman–Crippen LogP) is 0.314. The van der Waals surface area contributed by atoms with E-state index in [4.69, 9.17) is 5.02 Å². The first-order valence-electron chi connectivity index (χ1n) is 4.30. The molecule has 0 saturated heterocycles. The molecule has 0 amide bonds. The molecule has 0 saturated carbocycles. The SMILES string of the molecule is CS(=O)(=O)Nc1cc(C(F)(F)F)ccc1[B]O. The van der Waals surface area contributed by atoms with Crippen LogP contribution in [0.2, 0.25) is 0 Å². The molecule has 0 atom stereocenters. The molecule has 17 heavy (non-hydrogen) atoms. The van der Waals surface area contributed by atoms with Gasteiger partial charge in [0, 0.05) is 5.69 Å². The Morgan fingerprint density at radius 2 is 1.94 bits per heavy atom. The van der Waals surface area contributed by atoms with E-state index >= 15 is 0 Å². The second kappa shape index (κ2) is 4.57. The van der Waals surface area contributed by atoms with Gasteiger partial charge in [-0.05, 0) is 11.5 Å². The molecule has 1 aromatic carbocycles. The summed E-state index contributed by atoms with van der Waals surface area (Å²) in [5, 5.41) is 8.77. The Morgan fingerprint density at radius 1 is 1.35 bits per heavy atom. The topological polar surface area (TPSA) is 66.4 Å². The smallest absolute Gasteiger partial charge is 0.416 e. The lowest BCUT2D eigenvalue weighted by molar-refractivity contribution is -0.137. The number of hydrogen-bond donors (Lipinski definition) is 2. The molecule has 0 aliphatic rings. The quantitative estimate of drug-likeness (QED) is 0.774. The zero-order valence-corrected chi connectivity index (χ0v) is 9.43. The minimum Gasteiger partial charge on any atom is -0.450 e. The average Bonchev–Trinajstić information content (AvgIpc) is 2.13. The van der Waals surface area contributed by atoms with Crippen LogP contribution in [0.25, 0.3) is 0 Å². The number of sulfonamides is 1. The molecule has 2 N–H and O–H groups in total. The third kappa shape index (κ3) is 3.93. The van der Waals surface area contributed by atoms with Crippen LogP contribution in [0.15, 0.2) is 18.2 Å². The summed E-state index contributed by atoms with van der Waals surface area (Å²) in [6.07, 6.45) is -3.78. The fraction of sp³-hybridized carbons (Fsp3) is 0.250. The van der Waals surface area contributed by atoms with Crippen LogP contribution >= 0.6 is 0 Å². The molecule has 1 radical (unpaired) electrons. The van der Waals surface area contributed by atoms with Crippen molar-refractivity contribution >= 4 is 28.7 Å². The number of benzene rings is 1. The number of nitrogens with one attached hydrogen (secondary N) is 1. The first kappa shape index (κ1) is 13.8. The van der Waals surface area contributed by atoms with Crippen molar-refractivity contribution in [2.45, 2.75) is 6.18 Å². The maximum Gasteiger partial charge on any atom is 0.416 e. The molecule has 0 aromatic heterocycles. The van der Waals surface area contributed by atoms with Gasteiger partial charge in [-0.25, -0.2) is 8.42 Å². The lowest BCUT2D eigenvalue weighted by Crippen LogP contribution is -2.23. The Kier molecular flexibility index (Phi) is 3.73. The standard InChI is InChI=1S/C8H8BF3NO3S/c1-17(15,16)13-7-4-5(8(10,11)12)2-3-6(7)9-14/h2-4,13-14H,1H3. The van der Waals surface area contributed by atoms with E-state index in [1.54, 1.807) is 0 Å². The van der Waals surface area contributed by atoms with Crippen LogP contribution in [0.1, 0.15) is 5.56 Å². The maximum absolute atomic E-state index is 12.4. The molecule has 0 bridgehead atoms. The number of halogens is 3. The summed E-state index contributed by atoms with van der Waals surface area (Å²) in [6, 6.07) is 2.33. The molecular weight excluding hydrogens is 258 g/mol. The van der Waals surface area contributed by atoms with Gasteiger partial charge in [-0.2, -0.15) is 13.2 Å². The van der Waals surface area contributed by atoms with Crippen molar-refractivity contribution in [3.63, 3.8) is 0 Å². The fourth-order valence-electron chi connectivity index (χ4n) is 1.13. The Hall–Kier alpha value is -1.22. The zero-order chi connectivity index (χ0) is 13.3. The summed E-state index contributed by atoms with van der Waals surface area (Å²) in [7, 11) is -3.20. The molecule has 9 heteroatoms. The number of anilines is 1. The molecule has 0 spiro atoms. The van der Waals surface area contributed by atoms with E-state index in [-0.39, 0.29) is 11.2 Å². The third-order valence-electron chi connectivity index (χ3n) is 1.82. The fourth-order valence-corrected chi connectivity index (χ4v) is 1.71. The largest absolute Gasteiger partial charge is 0.450 e. The highest BCUT2D eigenvalue weighted by molar-refractivity contribution is 7.92. The molecule has 1 rings (SSSR count). The zero-order valence-electron chi connectivity index (χ0n) is 8.62. The van der Waals surface area contributed by atoms with Gasteiger partial charge in [0.1, 0.15) is 0 Å². The minimum absolute atomic E-state index is 0.0524. The van der Waals surface area contributed by atoms with Crippen LogP contribution in [0.5, 0.6) is 0 Å². The van der Waals surface area contributed by atoms with Crippen LogP contribution < -0.4 is 10.2 Å². The van der Waals surface area contributed by atoms with Crippen molar-refractivity contribution in [1.82, 2.24) is 0 Å². The van der Waals surface area contributed by atoms with E-state index < -0.39 is 21.8 Å². The summed E-state index contributed by atoms with van der Waals surface area (Å²) in [4.78, 5) is 0. The first-order valence-corrected chi connectivity index (χ1v) is 6.19. The predicted molar refractivity (Wildman–Crippen MR) is 57.5 cm³/mol. The monoisotopic (exact) mass is 266 g/mol. The van der Waals surface area contributed by atoms with E-state index in [1.807, 2.05) is 4.72 Å². The van der Waals surface area contributed by atoms with Crippen LogP contribution in [0, 0.1) is 0 Å². The summed E-state index contributed by atoms with van der Waals surface area (Å²) < 4.78 is 60.9. The molecule has 1 aromatic rings. The molecular formula is C8H8BF3NO3S. The first-order chi connectivity index (χ1) is 7.63. The van der Waals surface area contributed by atoms with Gasteiger partial charge in [0.05, 0.1) is 11.8 Å². The Labute approximate surface area is 96.8 Å². The van der Waals surface area contributed by atoms with Gasteiger partial charge in [-0.15, -0.1) is 0 Å². The van der Waals surface area contributed by atoms with E-state index in [0.717, 1.165) is 18.4 Å². The summed E-state index contributed by atoms with van der Waals surface area (Å²) in [5.74, 6) is 0. The van der Waals surface area contributed by atoms with Crippen molar-refractivity contribution < 1.29 is 26.6 Å². The van der Waals surface area contributed by atoms with E-state index in [9.17, 15) is 21.6 Å². The van der Waals surface area contributed by atoms with Gasteiger partial charge in [-0.3, -0.25) is 4.72 Å². The molecule has 0 aliphatic heterocycles. The Balaban J connectivity index is 3.25. The van der Waals surface area contributed by atoms with Gasteiger partial charge in [0.2, 0.25) is 10.0 Å². The van der Waals surface area contributed by atoms with E-state index in [1.165, 1.54) is 0 Å². The Morgan fingerprint density at radius 3 is 2.35 bits per heavy atom. The van der Waals surface area contributed by atoms with Crippen molar-refractivity contribution in [2.24, 2.45) is 0 Å². The summed E-state index contributed by atoms with van der Waals surface area (Å²) in [5.41, 5.74) is -1.39. The van der Waals surface area contributed by atoms with Crippen LogP contribution in [-0.4, -0.2) is 27.2 Å². The normalized spacial score (nSPS) is 12.3. The van der Waals surface area contributed by atoms with Crippen molar-refractivity contribution in [3.05, 3.63) is 23.8 Å². The van der Waals surface area contributed by atoms with Gasteiger partial charge >= 0.3 is 13.7 Å². The summed E-state index contributed by atoms with van der Waals surface area (Å²) in [6.45, 7) is 0. The Bertz CT molecular complexity index is 515. The molecule has 4 nitrogen and oxygen atoms in total. The lowest BCUT2D eigenvalue weighted by Gasteiger charge is -2.12. The highest BCUT2D eigenvalue weighted by Gasteiger charge is 2.31. The van der Waals surface area contributed by atoms with Gasteiger partial charge in [-0.1, -0.05) is 12.1 Å². The minimum atomic E-state index is -4.58. The van der Waals surface area contributed by atoms with Crippen LogP contribution in [-0.2, 0) is 16.2 Å². The average molecular weight is 266 g/mol. The maximum atomic E-state index is 12.4.